The zero-order valence-electron chi connectivity index (χ0n) is 14.4. The zero-order chi connectivity index (χ0) is 19.3. The highest BCUT2D eigenvalue weighted by atomic mass is 32.2. The van der Waals surface area contributed by atoms with Crippen molar-refractivity contribution < 1.29 is 27.2 Å². The first kappa shape index (κ1) is 19.3. The van der Waals surface area contributed by atoms with Crippen molar-refractivity contribution in [3.8, 4) is 0 Å². The molecular formula is C18H19FN2O5S. The fraction of sp³-hybridized carbons (Fsp3) is 0.278. The minimum Gasteiger partial charge on any atom is -0.350 e. The van der Waals surface area contributed by atoms with E-state index in [0.717, 1.165) is 37.1 Å². The van der Waals surface area contributed by atoms with Crippen LogP contribution in [0.15, 0.2) is 53.4 Å². The summed E-state index contributed by atoms with van der Waals surface area (Å²) in [7, 11) is -3.98. The standard InChI is InChI=1S/C18H19FN2O5S/c19-13-8-10-14(11-9-13)27(23,24)21-16-6-2-1-5-15(16)18(22)20-26-17-7-3-4-12-25-17/h1-2,5-6,8-11,17,21H,3-4,7,12H2,(H,20,22). The van der Waals surface area contributed by atoms with Crippen molar-refractivity contribution in [1.29, 1.82) is 0 Å². The van der Waals surface area contributed by atoms with E-state index in [1.54, 1.807) is 12.1 Å². The maximum absolute atomic E-state index is 13.0. The van der Waals surface area contributed by atoms with Crippen LogP contribution in [0, 0.1) is 5.82 Å². The molecule has 2 N–H and O–H groups in total. The van der Waals surface area contributed by atoms with Gasteiger partial charge in [0.1, 0.15) is 5.82 Å². The first-order valence-electron chi connectivity index (χ1n) is 8.41. The summed E-state index contributed by atoms with van der Waals surface area (Å²) in [6.07, 6.45) is 2.03. The molecule has 1 amide bonds. The van der Waals surface area contributed by atoms with E-state index >= 15 is 0 Å². The molecule has 1 fully saturated rings. The largest absolute Gasteiger partial charge is 0.350 e. The van der Waals surface area contributed by atoms with Crippen molar-refractivity contribution in [2.24, 2.45) is 0 Å². The molecule has 1 aliphatic heterocycles. The Bertz CT molecular complexity index is 896. The molecule has 1 unspecified atom stereocenters. The molecule has 0 aromatic heterocycles. The van der Waals surface area contributed by atoms with Gasteiger partial charge in [0.15, 0.2) is 6.29 Å². The van der Waals surface area contributed by atoms with Crippen LogP contribution in [-0.2, 0) is 19.6 Å². The van der Waals surface area contributed by atoms with Crippen molar-refractivity contribution in [3.63, 3.8) is 0 Å². The Hall–Kier alpha value is -2.49. The lowest BCUT2D eigenvalue weighted by molar-refractivity contribution is -0.186. The molecule has 1 aliphatic rings. The molecule has 0 aliphatic carbocycles. The molecule has 0 spiro atoms. The van der Waals surface area contributed by atoms with Crippen LogP contribution in [0.4, 0.5) is 10.1 Å². The minimum absolute atomic E-state index is 0.0764. The average Bonchev–Trinajstić information content (AvgIpc) is 2.67. The van der Waals surface area contributed by atoms with Crippen LogP contribution in [0.2, 0.25) is 0 Å². The Morgan fingerprint density at radius 3 is 2.56 bits per heavy atom. The van der Waals surface area contributed by atoms with Crippen LogP contribution in [0.1, 0.15) is 29.6 Å². The van der Waals surface area contributed by atoms with Gasteiger partial charge in [0.25, 0.3) is 15.9 Å². The molecule has 1 saturated heterocycles. The predicted octanol–water partition coefficient (Wildman–Crippen LogP) is 2.81. The lowest BCUT2D eigenvalue weighted by atomic mass is 10.2. The molecule has 3 rings (SSSR count). The Morgan fingerprint density at radius 1 is 1.11 bits per heavy atom. The number of halogens is 1. The summed E-state index contributed by atoms with van der Waals surface area (Å²) >= 11 is 0. The monoisotopic (exact) mass is 394 g/mol. The van der Waals surface area contributed by atoms with E-state index in [1.807, 2.05) is 0 Å². The highest BCUT2D eigenvalue weighted by molar-refractivity contribution is 7.92. The number of rotatable bonds is 6. The average molecular weight is 394 g/mol. The highest BCUT2D eigenvalue weighted by Gasteiger charge is 2.20. The number of hydroxylamine groups is 1. The first-order valence-corrected chi connectivity index (χ1v) is 9.89. The Kier molecular flexibility index (Phi) is 6.04. The number of carbonyl (C=O) groups excluding carboxylic acids is 1. The number of nitrogens with one attached hydrogen (secondary N) is 2. The number of benzene rings is 2. The van der Waals surface area contributed by atoms with Crippen molar-refractivity contribution in [3.05, 3.63) is 59.9 Å². The lowest BCUT2D eigenvalue weighted by Gasteiger charge is -2.22. The van der Waals surface area contributed by atoms with Gasteiger partial charge in [-0.1, -0.05) is 12.1 Å². The van der Waals surface area contributed by atoms with Gasteiger partial charge in [-0.15, -0.1) is 0 Å². The number of hydrogen-bond acceptors (Lipinski definition) is 5. The van der Waals surface area contributed by atoms with E-state index in [9.17, 15) is 17.6 Å². The molecule has 2 aromatic rings. The van der Waals surface area contributed by atoms with E-state index in [0.29, 0.717) is 13.0 Å². The summed E-state index contributed by atoms with van der Waals surface area (Å²) in [5.74, 6) is -1.16. The fourth-order valence-electron chi connectivity index (χ4n) is 2.57. The van der Waals surface area contributed by atoms with Crippen LogP contribution in [-0.4, -0.2) is 27.2 Å². The lowest BCUT2D eigenvalue weighted by Crippen LogP contribution is -2.33. The van der Waals surface area contributed by atoms with Gasteiger partial charge in [0.05, 0.1) is 16.1 Å². The number of anilines is 1. The molecule has 9 heteroatoms. The SMILES string of the molecule is O=C(NOC1CCCCO1)c1ccccc1NS(=O)(=O)c1ccc(F)cc1. The van der Waals surface area contributed by atoms with Gasteiger partial charge < -0.3 is 4.74 Å². The zero-order valence-corrected chi connectivity index (χ0v) is 15.2. The smallest absolute Gasteiger partial charge is 0.277 e. The number of ether oxygens (including phenoxy) is 1. The van der Waals surface area contributed by atoms with Crippen molar-refractivity contribution >= 4 is 21.6 Å². The Morgan fingerprint density at radius 2 is 1.85 bits per heavy atom. The molecule has 1 atom stereocenters. The van der Waals surface area contributed by atoms with Gasteiger partial charge >= 0.3 is 0 Å². The fourth-order valence-corrected chi connectivity index (χ4v) is 3.65. The second kappa shape index (κ2) is 8.47. The highest BCUT2D eigenvalue weighted by Crippen LogP contribution is 2.21. The molecular weight excluding hydrogens is 375 g/mol. The summed E-state index contributed by atoms with van der Waals surface area (Å²) in [5.41, 5.74) is 2.45. The van der Waals surface area contributed by atoms with Gasteiger partial charge in [0.2, 0.25) is 0 Å². The van der Waals surface area contributed by atoms with Gasteiger partial charge in [-0.2, -0.15) is 0 Å². The first-order chi connectivity index (χ1) is 13.0. The third-order valence-corrected chi connectivity index (χ3v) is 5.34. The quantitative estimate of drug-likeness (QED) is 0.735. The van der Waals surface area contributed by atoms with E-state index in [4.69, 9.17) is 9.57 Å². The second-order valence-corrected chi connectivity index (χ2v) is 7.63. The number of hydrogen-bond donors (Lipinski definition) is 2. The van der Waals surface area contributed by atoms with E-state index in [-0.39, 0.29) is 16.1 Å². The maximum atomic E-state index is 13.0. The van der Waals surface area contributed by atoms with Crippen molar-refractivity contribution in [2.75, 3.05) is 11.3 Å². The molecule has 2 aromatic carbocycles. The summed E-state index contributed by atoms with van der Waals surface area (Å²) < 4.78 is 45.7. The summed E-state index contributed by atoms with van der Waals surface area (Å²) in [5, 5.41) is 0. The normalized spacial score (nSPS) is 17.3. The number of amides is 1. The number of para-hydroxylation sites is 1. The van der Waals surface area contributed by atoms with Crippen LogP contribution < -0.4 is 10.2 Å². The van der Waals surface area contributed by atoms with Crippen molar-refractivity contribution in [2.45, 2.75) is 30.4 Å². The minimum atomic E-state index is -3.98. The van der Waals surface area contributed by atoms with Crippen LogP contribution in [0.25, 0.3) is 0 Å². The van der Waals surface area contributed by atoms with E-state index in [2.05, 4.69) is 10.2 Å². The second-order valence-electron chi connectivity index (χ2n) is 5.95. The van der Waals surface area contributed by atoms with Gasteiger partial charge in [0, 0.05) is 13.0 Å². The number of sulfonamides is 1. The van der Waals surface area contributed by atoms with Crippen LogP contribution >= 0.6 is 0 Å². The topological polar surface area (TPSA) is 93.7 Å². The van der Waals surface area contributed by atoms with Gasteiger partial charge in [-0.25, -0.2) is 23.1 Å². The molecule has 27 heavy (non-hydrogen) atoms. The Labute approximate surface area is 156 Å². The summed E-state index contributed by atoms with van der Waals surface area (Å²) in [4.78, 5) is 17.5. The molecule has 144 valence electrons. The molecule has 0 saturated carbocycles. The predicted molar refractivity (Wildman–Crippen MR) is 95.8 cm³/mol. The Balaban J connectivity index is 1.73. The number of carbonyl (C=O) groups is 1. The third-order valence-electron chi connectivity index (χ3n) is 3.96. The molecule has 0 bridgehead atoms. The molecule has 0 radical (unpaired) electrons. The van der Waals surface area contributed by atoms with Crippen molar-refractivity contribution in [1.82, 2.24) is 5.48 Å². The molecule has 1 heterocycles. The van der Waals surface area contributed by atoms with E-state index < -0.39 is 28.0 Å². The van der Waals surface area contributed by atoms with Gasteiger partial charge in [-0.05, 0) is 49.2 Å². The van der Waals surface area contributed by atoms with Gasteiger partial charge in [-0.3, -0.25) is 9.52 Å². The summed E-state index contributed by atoms with van der Waals surface area (Å²) in [6.45, 7) is 0.564. The van der Waals surface area contributed by atoms with E-state index in [1.165, 1.54) is 12.1 Å². The summed E-state index contributed by atoms with van der Waals surface area (Å²) in [6, 6.07) is 10.5. The van der Waals surface area contributed by atoms with Crippen LogP contribution in [0.3, 0.4) is 0 Å². The maximum Gasteiger partial charge on any atom is 0.277 e. The molecule has 7 nitrogen and oxygen atoms in total. The van der Waals surface area contributed by atoms with Crippen LogP contribution in [0.5, 0.6) is 0 Å². The third kappa shape index (κ3) is 5.03.